The summed E-state index contributed by atoms with van der Waals surface area (Å²) in [6.45, 7) is 7.94. The zero-order valence-corrected chi connectivity index (χ0v) is 23.4. The van der Waals surface area contributed by atoms with Crippen LogP contribution in [0, 0.1) is 12.8 Å². The van der Waals surface area contributed by atoms with Crippen LogP contribution in [0.1, 0.15) is 107 Å². The SMILES string of the molecule is CCOc1cc(CN2CCC(N3CCc4nc(C)c(C(=O)O)cc4C3=O)CC2)cc(C2CC2)c1CCC1CC1. The zero-order valence-electron chi connectivity index (χ0n) is 23.4. The molecule has 2 aliphatic carbocycles. The Morgan fingerprint density at radius 3 is 2.51 bits per heavy atom. The first-order valence-electron chi connectivity index (χ1n) is 15.0. The fraction of sp³-hybridized carbons (Fsp3) is 0.594. The predicted molar refractivity (Wildman–Crippen MR) is 150 cm³/mol. The number of fused-ring (bicyclic) bond motifs is 1. The molecule has 6 rings (SSSR count). The van der Waals surface area contributed by atoms with E-state index in [-0.39, 0.29) is 17.5 Å². The first kappa shape index (κ1) is 26.3. The number of rotatable bonds is 10. The molecule has 39 heavy (non-hydrogen) atoms. The van der Waals surface area contributed by atoms with Crippen LogP contribution in [0.15, 0.2) is 18.2 Å². The number of hydrogen-bond donors (Lipinski definition) is 1. The lowest BCUT2D eigenvalue weighted by Crippen LogP contribution is -2.50. The second kappa shape index (κ2) is 10.9. The van der Waals surface area contributed by atoms with Crippen molar-refractivity contribution in [1.29, 1.82) is 0 Å². The molecule has 3 heterocycles. The molecule has 0 radical (unpaired) electrons. The number of hydrogen-bond acceptors (Lipinski definition) is 5. The number of aryl methyl sites for hydroxylation is 1. The van der Waals surface area contributed by atoms with Crippen LogP contribution in [-0.2, 0) is 19.4 Å². The van der Waals surface area contributed by atoms with Crippen LogP contribution < -0.4 is 4.74 Å². The molecule has 1 aromatic carbocycles. The minimum absolute atomic E-state index is 0.0677. The number of carboxylic acids is 1. The molecule has 2 aliphatic heterocycles. The summed E-state index contributed by atoms with van der Waals surface area (Å²) < 4.78 is 6.20. The molecule has 2 aromatic rings. The summed E-state index contributed by atoms with van der Waals surface area (Å²) in [4.78, 5) is 33.9. The lowest BCUT2D eigenvalue weighted by atomic mass is 9.93. The molecule has 0 unspecified atom stereocenters. The Kier molecular flexibility index (Phi) is 7.36. The van der Waals surface area contributed by atoms with Gasteiger partial charge in [-0.1, -0.05) is 18.9 Å². The van der Waals surface area contributed by atoms with Crippen molar-refractivity contribution in [2.75, 3.05) is 26.2 Å². The third kappa shape index (κ3) is 5.69. The molecule has 1 saturated heterocycles. The molecule has 0 atom stereocenters. The van der Waals surface area contributed by atoms with Crippen molar-refractivity contribution in [2.45, 2.75) is 90.1 Å². The topological polar surface area (TPSA) is 83.0 Å². The Balaban J connectivity index is 1.12. The van der Waals surface area contributed by atoms with E-state index in [0.717, 1.165) is 56.3 Å². The minimum atomic E-state index is -1.03. The maximum atomic E-state index is 13.4. The van der Waals surface area contributed by atoms with Crippen molar-refractivity contribution in [2.24, 2.45) is 5.92 Å². The van der Waals surface area contributed by atoms with E-state index in [1.165, 1.54) is 54.9 Å². The normalized spacial score (nSPS) is 20.3. The molecular weight excluding hydrogens is 490 g/mol. The lowest BCUT2D eigenvalue weighted by molar-refractivity contribution is 0.0543. The summed E-state index contributed by atoms with van der Waals surface area (Å²) in [7, 11) is 0. The Labute approximate surface area is 231 Å². The van der Waals surface area contributed by atoms with E-state index < -0.39 is 5.97 Å². The number of aromatic carboxylic acids is 1. The Bertz CT molecular complexity index is 1260. The highest BCUT2D eigenvalue weighted by Gasteiger charge is 2.34. The predicted octanol–water partition coefficient (Wildman–Crippen LogP) is 5.37. The van der Waals surface area contributed by atoms with E-state index in [0.29, 0.717) is 36.7 Å². The number of piperidine rings is 1. The molecule has 1 amide bonds. The van der Waals surface area contributed by atoms with E-state index in [4.69, 9.17) is 4.74 Å². The van der Waals surface area contributed by atoms with Gasteiger partial charge in [-0.15, -0.1) is 0 Å². The minimum Gasteiger partial charge on any atom is -0.494 e. The van der Waals surface area contributed by atoms with Gasteiger partial charge in [0.1, 0.15) is 5.75 Å². The molecule has 2 saturated carbocycles. The van der Waals surface area contributed by atoms with Crippen molar-refractivity contribution in [3.05, 3.63) is 57.4 Å². The number of benzene rings is 1. The number of nitrogens with zero attached hydrogens (tertiary/aromatic N) is 3. The Morgan fingerprint density at radius 2 is 1.85 bits per heavy atom. The van der Waals surface area contributed by atoms with E-state index >= 15 is 0 Å². The maximum absolute atomic E-state index is 13.4. The van der Waals surface area contributed by atoms with Crippen LogP contribution >= 0.6 is 0 Å². The van der Waals surface area contributed by atoms with Crippen LogP contribution in [0.25, 0.3) is 0 Å². The van der Waals surface area contributed by atoms with Gasteiger partial charge in [-0.3, -0.25) is 14.7 Å². The van der Waals surface area contributed by atoms with Gasteiger partial charge in [-0.2, -0.15) is 0 Å². The number of pyridine rings is 1. The first-order chi connectivity index (χ1) is 18.9. The van der Waals surface area contributed by atoms with Crippen LogP contribution in [0.4, 0.5) is 0 Å². The molecule has 4 aliphatic rings. The van der Waals surface area contributed by atoms with E-state index in [1.54, 1.807) is 6.92 Å². The molecule has 3 fully saturated rings. The second-order valence-electron chi connectivity index (χ2n) is 12.0. The van der Waals surface area contributed by atoms with Gasteiger partial charge in [0.05, 0.1) is 29.1 Å². The van der Waals surface area contributed by atoms with Gasteiger partial charge in [-0.05, 0) is 93.0 Å². The van der Waals surface area contributed by atoms with Gasteiger partial charge in [0.15, 0.2) is 0 Å². The largest absolute Gasteiger partial charge is 0.494 e. The molecule has 1 aromatic heterocycles. The fourth-order valence-electron chi connectivity index (χ4n) is 6.61. The van der Waals surface area contributed by atoms with Crippen LogP contribution in [0.2, 0.25) is 0 Å². The Hall–Kier alpha value is -2.93. The quantitative estimate of drug-likeness (QED) is 0.444. The summed E-state index contributed by atoms with van der Waals surface area (Å²) in [5.74, 6) is 1.63. The van der Waals surface area contributed by atoms with Crippen LogP contribution in [0.5, 0.6) is 5.75 Å². The van der Waals surface area contributed by atoms with E-state index in [1.807, 2.05) is 4.90 Å². The van der Waals surface area contributed by atoms with Crippen molar-refractivity contribution < 1.29 is 19.4 Å². The third-order valence-corrected chi connectivity index (χ3v) is 9.13. The summed E-state index contributed by atoms with van der Waals surface area (Å²) in [5, 5.41) is 9.50. The van der Waals surface area contributed by atoms with Gasteiger partial charge in [0.25, 0.3) is 5.91 Å². The molecule has 0 spiro atoms. The average molecular weight is 532 g/mol. The summed E-state index contributed by atoms with van der Waals surface area (Å²) in [6, 6.07) is 6.48. The van der Waals surface area contributed by atoms with Gasteiger partial charge in [0, 0.05) is 38.6 Å². The second-order valence-corrected chi connectivity index (χ2v) is 12.0. The van der Waals surface area contributed by atoms with Gasteiger partial charge in [-0.25, -0.2) is 4.79 Å². The third-order valence-electron chi connectivity index (χ3n) is 9.13. The number of carbonyl (C=O) groups is 2. The monoisotopic (exact) mass is 531 g/mol. The molecule has 208 valence electrons. The van der Waals surface area contributed by atoms with Gasteiger partial charge < -0.3 is 14.7 Å². The van der Waals surface area contributed by atoms with Crippen molar-refractivity contribution >= 4 is 11.9 Å². The number of amides is 1. The highest BCUT2D eigenvalue weighted by Crippen LogP contribution is 2.46. The van der Waals surface area contributed by atoms with Crippen molar-refractivity contribution in [3.8, 4) is 5.75 Å². The smallest absolute Gasteiger partial charge is 0.337 e. The van der Waals surface area contributed by atoms with Gasteiger partial charge >= 0.3 is 5.97 Å². The van der Waals surface area contributed by atoms with Gasteiger partial charge in [0.2, 0.25) is 0 Å². The summed E-state index contributed by atoms with van der Waals surface area (Å²) in [5.41, 5.74) is 6.14. The van der Waals surface area contributed by atoms with Crippen LogP contribution in [0.3, 0.4) is 0 Å². The Morgan fingerprint density at radius 1 is 1.08 bits per heavy atom. The van der Waals surface area contributed by atoms with Crippen LogP contribution in [-0.4, -0.2) is 64.0 Å². The number of carboxylic acid groups (broad SMARTS) is 1. The molecule has 7 heteroatoms. The van der Waals surface area contributed by atoms with Crippen molar-refractivity contribution in [1.82, 2.24) is 14.8 Å². The number of aromatic nitrogens is 1. The zero-order chi connectivity index (χ0) is 27.1. The molecule has 7 nitrogen and oxygen atoms in total. The maximum Gasteiger partial charge on any atom is 0.337 e. The number of carbonyl (C=O) groups excluding carboxylic acids is 1. The average Bonchev–Trinajstić information content (AvgIpc) is 3.83. The highest BCUT2D eigenvalue weighted by molar-refractivity contribution is 5.99. The van der Waals surface area contributed by atoms with E-state index in [9.17, 15) is 14.7 Å². The molecule has 0 bridgehead atoms. The highest BCUT2D eigenvalue weighted by atomic mass is 16.5. The fourth-order valence-corrected chi connectivity index (χ4v) is 6.61. The summed E-state index contributed by atoms with van der Waals surface area (Å²) in [6.07, 6.45) is 10.4. The van der Waals surface area contributed by atoms with E-state index in [2.05, 4.69) is 28.9 Å². The molecule has 1 N–H and O–H groups in total. The van der Waals surface area contributed by atoms with Crippen molar-refractivity contribution in [3.63, 3.8) is 0 Å². The summed E-state index contributed by atoms with van der Waals surface area (Å²) >= 11 is 0. The molecular formula is C32H41N3O4. The number of likely N-dealkylation sites (tertiary alicyclic amines) is 1. The lowest BCUT2D eigenvalue weighted by Gasteiger charge is -2.40. The first-order valence-corrected chi connectivity index (χ1v) is 15.0. The number of ether oxygens (including phenoxy) is 1. The standard InChI is InChI=1S/C32H41N3O4/c1-3-39-30-17-22(16-27(23-7-8-23)25(30)9-6-21-4-5-21)19-34-13-10-24(11-14-34)35-15-12-29-28(31(35)36)18-26(32(37)38)20(2)33-29/h16-18,21,23-24H,3-15,19H2,1-2H3,(H,37,38).